The molecule has 0 aromatic rings. The summed E-state index contributed by atoms with van der Waals surface area (Å²) in [6, 6.07) is 0. The summed E-state index contributed by atoms with van der Waals surface area (Å²) in [6.07, 6.45) is -5.70. The lowest BCUT2D eigenvalue weighted by atomic mass is 10.1. The smallest absolute Gasteiger partial charge is 0.338 e. The van der Waals surface area contributed by atoms with Crippen LogP contribution in [0.4, 0.5) is 0 Å². The molecule has 0 aromatic heterocycles. The van der Waals surface area contributed by atoms with E-state index < -0.39 is 37.0 Å². The molecule has 0 spiro atoms. The number of ether oxygens (including phenoxy) is 1. The summed E-state index contributed by atoms with van der Waals surface area (Å²) in [5.41, 5.74) is 0. The van der Waals surface area contributed by atoms with Gasteiger partial charge in [0.25, 0.3) is 0 Å². The van der Waals surface area contributed by atoms with Gasteiger partial charge in [0.05, 0.1) is 6.61 Å². The number of esters is 1. The van der Waals surface area contributed by atoms with Crippen LogP contribution < -0.4 is 0 Å². The molecule has 0 bridgehead atoms. The van der Waals surface area contributed by atoms with Gasteiger partial charge in [0.15, 0.2) is 12.2 Å². The minimum Gasteiger partial charge on any atom is -0.455 e. The predicted molar refractivity (Wildman–Crippen MR) is 35.0 cm³/mol. The maximum absolute atomic E-state index is 10.6. The van der Waals surface area contributed by atoms with E-state index >= 15 is 0 Å². The van der Waals surface area contributed by atoms with Crippen LogP contribution in [0.5, 0.6) is 0 Å². The number of cyclic esters (lactones) is 1. The Bertz CT molecular complexity index is 181. The highest BCUT2D eigenvalue weighted by molar-refractivity contribution is 5.77. The van der Waals surface area contributed by atoms with Gasteiger partial charge in [-0.2, -0.15) is 0 Å². The average molecular weight is 178 g/mol. The van der Waals surface area contributed by atoms with Gasteiger partial charge in [-0.25, -0.2) is 4.79 Å². The zero-order chi connectivity index (χ0) is 9.30. The fourth-order valence-corrected chi connectivity index (χ4v) is 1.00. The summed E-state index contributed by atoms with van der Waals surface area (Å²) in [5, 5.41) is 35.3. The first-order chi connectivity index (χ1) is 5.57. The van der Waals surface area contributed by atoms with Gasteiger partial charge in [0.1, 0.15) is 12.2 Å². The zero-order valence-corrected chi connectivity index (χ0v) is 6.12. The third-order valence-corrected chi connectivity index (χ3v) is 1.72. The van der Waals surface area contributed by atoms with Crippen LogP contribution in [0.1, 0.15) is 0 Å². The highest BCUT2D eigenvalue weighted by Gasteiger charge is 2.45. The van der Waals surface area contributed by atoms with Crippen molar-refractivity contribution in [3.8, 4) is 0 Å². The maximum atomic E-state index is 10.6. The summed E-state index contributed by atoms with van der Waals surface area (Å²) in [6.45, 7) is -0.637. The lowest BCUT2D eigenvalue weighted by molar-refractivity contribution is -0.151. The van der Waals surface area contributed by atoms with E-state index in [0.29, 0.717) is 0 Å². The Kier molecular flexibility index (Phi) is 2.63. The van der Waals surface area contributed by atoms with Gasteiger partial charge in [-0.15, -0.1) is 0 Å². The molecule has 4 atom stereocenters. The van der Waals surface area contributed by atoms with E-state index in [9.17, 15) is 4.79 Å². The van der Waals surface area contributed by atoms with Crippen molar-refractivity contribution in [2.45, 2.75) is 24.4 Å². The van der Waals surface area contributed by atoms with Gasteiger partial charge in [-0.1, -0.05) is 0 Å². The van der Waals surface area contributed by atoms with Crippen molar-refractivity contribution in [1.29, 1.82) is 0 Å². The van der Waals surface area contributed by atoms with Crippen molar-refractivity contribution in [2.24, 2.45) is 0 Å². The summed E-state index contributed by atoms with van der Waals surface area (Å²) >= 11 is 0. The topological polar surface area (TPSA) is 107 Å². The lowest BCUT2D eigenvalue weighted by Crippen LogP contribution is -2.40. The second-order valence-corrected chi connectivity index (χ2v) is 2.59. The minimum absolute atomic E-state index is 0.637. The molecule has 0 saturated carbocycles. The second kappa shape index (κ2) is 3.36. The van der Waals surface area contributed by atoms with Crippen molar-refractivity contribution in [2.75, 3.05) is 6.61 Å². The Morgan fingerprint density at radius 3 is 2.42 bits per heavy atom. The third-order valence-electron chi connectivity index (χ3n) is 1.72. The SMILES string of the molecule is O=C1O[C@H]([C@H](O)CO)[C@@H](O)[C@H]1O. The Balaban J connectivity index is 2.64. The molecule has 1 rings (SSSR count). The minimum atomic E-state index is -1.63. The summed E-state index contributed by atoms with van der Waals surface area (Å²) in [5.74, 6) is -0.986. The number of hydrogen-bond donors (Lipinski definition) is 4. The molecular formula is C6H10O6. The molecule has 1 aliphatic rings. The first-order valence-corrected chi connectivity index (χ1v) is 3.43. The largest absolute Gasteiger partial charge is 0.455 e. The molecule has 1 heterocycles. The van der Waals surface area contributed by atoms with Gasteiger partial charge in [0.2, 0.25) is 0 Å². The monoisotopic (exact) mass is 178 g/mol. The number of aliphatic hydroxyl groups is 4. The highest BCUT2D eigenvalue weighted by atomic mass is 16.6. The van der Waals surface area contributed by atoms with Crippen LogP contribution in [0.25, 0.3) is 0 Å². The molecule has 4 N–H and O–H groups in total. The standard InChI is InChI=1S/C6H10O6/c7-1-2(8)5-3(9)4(10)6(11)12-5/h2-5,7-10H,1H2/t2-,3+,4-,5-/m1/s1. The van der Waals surface area contributed by atoms with Crippen LogP contribution in [0.2, 0.25) is 0 Å². The van der Waals surface area contributed by atoms with Crippen LogP contribution in [0.3, 0.4) is 0 Å². The fourth-order valence-electron chi connectivity index (χ4n) is 1.00. The lowest BCUT2D eigenvalue weighted by Gasteiger charge is -2.17. The number of carbonyl (C=O) groups is 1. The average Bonchev–Trinajstić information content (AvgIpc) is 2.32. The van der Waals surface area contributed by atoms with E-state index in [1.54, 1.807) is 0 Å². The maximum Gasteiger partial charge on any atom is 0.338 e. The second-order valence-electron chi connectivity index (χ2n) is 2.59. The molecule has 1 saturated heterocycles. The van der Waals surface area contributed by atoms with Crippen LogP contribution in [-0.2, 0) is 9.53 Å². The summed E-state index contributed by atoms with van der Waals surface area (Å²) in [7, 11) is 0. The third kappa shape index (κ3) is 1.42. The van der Waals surface area contributed by atoms with Gasteiger partial charge in [-0.3, -0.25) is 0 Å². The molecule has 1 fully saturated rings. The van der Waals surface area contributed by atoms with Crippen molar-refractivity contribution in [1.82, 2.24) is 0 Å². The molecule has 0 amide bonds. The molecule has 6 heteroatoms. The van der Waals surface area contributed by atoms with Crippen molar-refractivity contribution < 1.29 is 30.0 Å². The number of hydrogen-bond acceptors (Lipinski definition) is 6. The Morgan fingerprint density at radius 2 is 2.08 bits per heavy atom. The normalized spacial score (nSPS) is 38.0. The number of carbonyl (C=O) groups excluding carboxylic acids is 1. The van der Waals surface area contributed by atoms with Crippen molar-refractivity contribution in [3.63, 3.8) is 0 Å². The molecule has 6 nitrogen and oxygen atoms in total. The van der Waals surface area contributed by atoms with E-state index in [-0.39, 0.29) is 0 Å². The van der Waals surface area contributed by atoms with Gasteiger partial charge in [-0.05, 0) is 0 Å². The molecule has 0 aliphatic carbocycles. The first-order valence-electron chi connectivity index (χ1n) is 3.43. The van der Waals surface area contributed by atoms with E-state index in [0.717, 1.165) is 0 Å². The van der Waals surface area contributed by atoms with Crippen LogP contribution in [-0.4, -0.2) is 57.4 Å². The Labute approximate surface area is 68.0 Å². The molecule has 12 heavy (non-hydrogen) atoms. The van der Waals surface area contributed by atoms with E-state index in [4.69, 9.17) is 20.4 Å². The predicted octanol–water partition coefficient (Wildman–Crippen LogP) is -3.01. The van der Waals surface area contributed by atoms with Crippen molar-refractivity contribution in [3.05, 3.63) is 0 Å². The highest BCUT2D eigenvalue weighted by Crippen LogP contribution is 2.18. The van der Waals surface area contributed by atoms with Gasteiger partial charge < -0.3 is 25.2 Å². The fraction of sp³-hybridized carbons (Fsp3) is 0.833. The molecular weight excluding hydrogens is 168 g/mol. The quantitative estimate of drug-likeness (QED) is 0.335. The number of rotatable bonds is 2. The molecule has 0 radical (unpaired) electrons. The summed E-state index contributed by atoms with van der Waals surface area (Å²) < 4.78 is 4.39. The zero-order valence-electron chi connectivity index (χ0n) is 6.12. The van der Waals surface area contributed by atoms with Crippen molar-refractivity contribution >= 4 is 5.97 Å². The van der Waals surface area contributed by atoms with E-state index in [1.807, 2.05) is 0 Å². The first kappa shape index (κ1) is 9.40. The Morgan fingerprint density at radius 1 is 1.50 bits per heavy atom. The van der Waals surface area contributed by atoms with E-state index in [2.05, 4.69) is 4.74 Å². The molecule has 0 aromatic carbocycles. The van der Waals surface area contributed by atoms with E-state index in [1.165, 1.54) is 0 Å². The Hall–Kier alpha value is -0.690. The van der Waals surface area contributed by atoms with Crippen LogP contribution >= 0.6 is 0 Å². The summed E-state index contributed by atoms with van der Waals surface area (Å²) in [4.78, 5) is 10.6. The molecule has 70 valence electrons. The molecule has 0 unspecified atom stereocenters. The molecule has 1 aliphatic heterocycles. The van der Waals surface area contributed by atoms with Gasteiger partial charge in [0, 0.05) is 0 Å². The number of aliphatic hydroxyl groups excluding tert-OH is 4. The van der Waals surface area contributed by atoms with Gasteiger partial charge >= 0.3 is 5.97 Å². The van der Waals surface area contributed by atoms with Crippen LogP contribution in [0, 0.1) is 0 Å². The van der Waals surface area contributed by atoms with Crippen LogP contribution in [0.15, 0.2) is 0 Å².